The number of carbonyl (C=O) groups is 1. The molecule has 2 aromatic rings. The fourth-order valence-corrected chi connectivity index (χ4v) is 3.24. The van der Waals surface area contributed by atoms with Gasteiger partial charge in [0.2, 0.25) is 0 Å². The smallest absolute Gasteiger partial charge is 0.269 e. The number of benzene rings is 1. The van der Waals surface area contributed by atoms with Crippen molar-refractivity contribution in [3.05, 3.63) is 59.8 Å². The molecule has 2 heterocycles. The highest BCUT2D eigenvalue weighted by atomic mass is 16.1. The van der Waals surface area contributed by atoms with E-state index in [1.165, 1.54) is 18.4 Å². The van der Waals surface area contributed by atoms with Crippen molar-refractivity contribution in [3.63, 3.8) is 0 Å². The van der Waals surface area contributed by atoms with Crippen LogP contribution in [-0.2, 0) is 0 Å². The van der Waals surface area contributed by atoms with Crippen molar-refractivity contribution in [1.29, 1.82) is 0 Å². The van der Waals surface area contributed by atoms with Crippen LogP contribution in [0.25, 0.3) is 0 Å². The number of pyridine rings is 1. The molecule has 1 aliphatic carbocycles. The highest BCUT2D eigenvalue weighted by Gasteiger charge is 2.24. The molecule has 130 valence electrons. The maximum atomic E-state index is 12.3. The van der Waals surface area contributed by atoms with Gasteiger partial charge in [-0.1, -0.05) is 36.4 Å². The van der Waals surface area contributed by atoms with Crippen LogP contribution in [0.3, 0.4) is 0 Å². The Bertz CT molecular complexity index is 729. The molecule has 1 aromatic heterocycles. The van der Waals surface area contributed by atoms with Crippen LogP contribution in [0.2, 0.25) is 0 Å². The standard InChI is InChI=1S/C20H24N4O/c25-20(22-13-15-9-10-15)17-7-4-8-19(23-17)24-12-11-21-18(14-24)16-5-2-1-3-6-16/h1-8,15,18,21H,9-14H2,(H,22,25)/t18-/m0/s1. The Labute approximate surface area is 148 Å². The van der Waals surface area contributed by atoms with Gasteiger partial charge in [0.15, 0.2) is 0 Å². The summed E-state index contributed by atoms with van der Waals surface area (Å²) in [5.74, 6) is 1.48. The third-order valence-corrected chi connectivity index (χ3v) is 4.92. The van der Waals surface area contributed by atoms with E-state index in [4.69, 9.17) is 0 Å². The number of piperazine rings is 1. The molecule has 1 atom stereocenters. The third-order valence-electron chi connectivity index (χ3n) is 4.92. The molecule has 2 N–H and O–H groups in total. The average molecular weight is 336 g/mol. The zero-order valence-electron chi connectivity index (χ0n) is 14.3. The molecule has 5 nitrogen and oxygen atoms in total. The lowest BCUT2D eigenvalue weighted by Gasteiger charge is -2.34. The number of hydrogen-bond donors (Lipinski definition) is 2. The minimum absolute atomic E-state index is 0.0662. The van der Waals surface area contributed by atoms with E-state index in [0.717, 1.165) is 32.0 Å². The molecule has 2 fully saturated rings. The number of carbonyl (C=O) groups excluding carboxylic acids is 1. The molecule has 1 amide bonds. The van der Waals surface area contributed by atoms with E-state index in [0.29, 0.717) is 11.6 Å². The molecule has 0 spiro atoms. The normalized spacial score (nSPS) is 20.3. The van der Waals surface area contributed by atoms with E-state index in [9.17, 15) is 4.79 Å². The fraction of sp³-hybridized carbons (Fsp3) is 0.400. The third kappa shape index (κ3) is 3.99. The number of nitrogens with zero attached hydrogens (tertiary/aromatic N) is 2. The van der Waals surface area contributed by atoms with Gasteiger partial charge >= 0.3 is 0 Å². The van der Waals surface area contributed by atoms with Crippen molar-refractivity contribution in [3.8, 4) is 0 Å². The molecule has 0 radical (unpaired) electrons. The number of amides is 1. The Morgan fingerprint density at radius 2 is 2.00 bits per heavy atom. The van der Waals surface area contributed by atoms with Crippen LogP contribution in [0.1, 0.15) is 34.9 Å². The molecule has 5 heteroatoms. The van der Waals surface area contributed by atoms with Gasteiger partial charge in [-0.15, -0.1) is 0 Å². The van der Waals surface area contributed by atoms with Crippen LogP contribution in [0, 0.1) is 5.92 Å². The fourth-order valence-electron chi connectivity index (χ4n) is 3.24. The Hall–Kier alpha value is -2.40. The summed E-state index contributed by atoms with van der Waals surface area (Å²) in [6, 6.07) is 16.5. The van der Waals surface area contributed by atoms with Gasteiger partial charge in [0.1, 0.15) is 11.5 Å². The van der Waals surface area contributed by atoms with Gasteiger partial charge in [0, 0.05) is 32.2 Å². The Morgan fingerprint density at radius 1 is 1.16 bits per heavy atom. The van der Waals surface area contributed by atoms with E-state index in [-0.39, 0.29) is 11.9 Å². The van der Waals surface area contributed by atoms with E-state index in [2.05, 4.69) is 44.8 Å². The van der Waals surface area contributed by atoms with Gasteiger partial charge in [0.25, 0.3) is 5.91 Å². The minimum Gasteiger partial charge on any atom is -0.353 e. The number of aromatic nitrogens is 1. The highest BCUT2D eigenvalue weighted by Crippen LogP contribution is 2.27. The van der Waals surface area contributed by atoms with E-state index >= 15 is 0 Å². The first kappa shape index (κ1) is 16.1. The molecular weight excluding hydrogens is 312 g/mol. The summed E-state index contributed by atoms with van der Waals surface area (Å²) in [5.41, 5.74) is 1.79. The molecule has 1 saturated heterocycles. The molecule has 2 aliphatic rings. The van der Waals surface area contributed by atoms with E-state index < -0.39 is 0 Å². The van der Waals surface area contributed by atoms with Gasteiger partial charge in [-0.25, -0.2) is 4.98 Å². The molecule has 1 aromatic carbocycles. The second-order valence-corrected chi connectivity index (χ2v) is 6.90. The zero-order valence-corrected chi connectivity index (χ0v) is 14.3. The Balaban J connectivity index is 1.45. The molecule has 0 unspecified atom stereocenters. The quantitative estimate of drug-likeness (QED) is 0.880. The van der Waals surface area contributed by atoms with Gasteiger partial charge in [-0.3, -0.25) is 4.79 Å². The van der Waals surface area contributed by atoms with E-state index in [1.807, 2.05) is 18.2 Å². The maximum absolute atomic E-state index is 12.3. The first-order valence-corrected chi connectivity index (χ1v) is 9.08. The summed E-state index contributed by atoms with van der Waals surface area (Å²) in [6.45, 7) is 3.42. The lowest BCUT2D eigenvalue weighted by Crippen LogP contribution is -2.46. The largest absolute Gasteiger partial charge is 0.353 e. The predicted molar refractivity (Wildman–Crippen MR) is 98.7 cm³/mol. The number of rotatable bonds is 5. The number of anilines is 1. The second-order valence-electron chi connectivity index (χ2n) is 6.90. The number of nitrogens with one attached hydrogen (secondary N) is 2. The molecule has 0 bridgehead atoms. The molecule has 4 rings (SSSR count). The summed E-state index contributed by atoms with van der Waals surface area (Å²) in [6.07, 6.45) is 2.46. The summed E-state index contributed by atoms with van der Waals surface area (Å²) in [4.78, 5) is 19.2. The maximum Gasteiger partial charge on any atom is 0.269 e. The van der Waals surface area contributed by atoms with Crippen LogP contribution >= 0.6 is 0 Å². The van der Waals surface area contributed by atoms with Crippen molar-refractivity contribution in [2.75, 3.05) is 31.1 Å². The van der Waals surface area contributed by atoms with Crippen molar-refractivity contribution < 1.29 is 4.79 Å². The first-order valence-electron chi connectivity index (χ1n) is 9.08. The molecule has 25 heavy (non-hydrogen) atoms. The van der Waals surface area contributed by atoms with Crippen LogP contribution in [0.5, 0.6) is 0 Å². The monoisotopic (exact) mass is 336 g/mol. The van der Waals surface area contributed by atoms with Gasteiger partial charge in [0.05, 0.1) is 0 Å². The summed E-state index contributed by atoms with van der Waals surface area (Å²) in [5, 5.41) is 6.56. The molecule has 1 aliphatic heterocycles. The van der Waals surface area contributed by atoms with Gasteiger partial charge < -0.3 is 15.5 Å². The zero-order chi connectivity index (χ0) is 17.1. The second kappa shape index (κ2) is 7.23. The predicted octanol–water partition coefficient (Wildman–Crippen LogP) is 2.37. The number of hydrogen-bond acceptors (Lipinski definition) is 4. The first-order chi connectivity index (χ1) is 12.3. The Kier molecular flexibility index (Phi) is 4.65. The lowest BCUT2D eigenvalue weighted by molar-refractivity contribution is 0.0947. The Morgan fingerprint density at radius 3 is 2.80 bits per heavy atom. The van der Waals surface area contributed by atoms with Crippen LogP contribution in [0.15, 0.2) is 48.5 Å². The van der Waals surface area contributed by atoms with Crippen LogP contribution in [0.4, 0.5) is 5.82 Å². The minimum atomic E-state index is -0.0662. The topological polar surface area (TPSA) is 57.3 Å². The van der Waals surface area contributed by atoms with Crippen molar-refractivity contribution >= 4 is 11.7 Å². The van der Waals surface area contributed by atoms with Crippen molar-refractivity contribution in [2.24, 2.45) is 5.92 Å². The molecule has 1 saturated carbocycles. The summed E-state index contributed by atoms with van der Waals surface area (Å²) >= 11 is 0. The molecular formula is C20H24N4O. The van der Waals surface area contributed by atoms with Crippen molar-refractivity contribution in [1.82, 2.24) is 15.6 Å². The highest BCUT2D eigenvalue weighted by molar-refractivity contribution is 5.92. The van der Waals surface area contributed by atoms with E-state index in [1.54, 1.807) is 6.07 Å². The summed E-state index contributed by atoms with van der Waals surface area (Å²) in [7, 11) is 0. The van der Waals surface area contributed by atoms with Crippen LogP contribution in [-0.4, -0.2) is 37.1 Å². The van der Waals surface area contributed by atoms with Crippen molar-refractivity contribution in [2.45, 2.75) is 18.9 Å². The van der Waals surface area contributed by atoms with Gasteiger partial charge in [-0.05, 0) is 36.5 Å². The van der Waals surface area contributed by atoms with Gasteiger partial charge in [-0.2, -0.15) is 0 Å². The lowest BCUT2D eigenvalue weighted by atomic mass is 10.0. The SMILES string of the molecule is O=C(NCC1CC1)c1cccc(N2CCN[C@H](c3ccccc3)C2)n1. The van der Waals surface area contributed by atoms with Crippen LogP contribution < -0.4 is 15.5 Å². The summed E-state index contributed by atoms with van der Waals surface area (Å²) < 4.78 is 0. The average Bonchev–Trinajstić information content (AvgIpc) is 3.51.